The molecule has 18 heavy (non-hydrogen) atoms. The first-order valence-electron chi connectivity index (χ1n) is 6.14. The fraction of sp³-hybridized carbons (Fsp3) is 0.267. The molecule has 0 spiro atoms. The molecule has 94 valence electrons. The van der Waals surface area contributed by atoms with E-state index in [-0.39, 0.29) is 6.17 Å². The summed E-state index contributed by atoms with van der Waals surface area (Å²) in [6.07, 6.45) is 8.72. The van der Waals surface area contributed by atoms with Crippen LogP contribution in [0.15, 0.2) is 53.1 Å². The normalized spacial score (nSPS) is 18.1. The third-order valence-corrected chi connectivity index (χ3v) is 3.10. The number of rotatable bonds is 5. The number of allylic oxidation sites excluding steroid dienone is 2. The van der Waals surface area contributed by atoms with E-state index in [0.717, 1.165) is 24.8 Å². The van der Waals surface area contributed by atoms with Crippen molar-refractivity contribution in [1.29, 1.82) is 0 Å². The summed E-state index contributed by atoms with van der Waals surface area (Å²) in [7, 11) is 0. The van der Waals surface area contributed by atoms with Gasteiger partial charge in [0.05, 0.1) is 5.03 Å². The summed E-state index contributed by atoms with van der Waals surface area (Å²) >= 11 is 5.81. The standard InChI is InChI=1S/C15H17ClN2/c1-2-3-4-5-12-6-8-13(9-7-12)15-17-10-14(16)11-18-15/h2,6-11,15,17H,1,3-5H2. The van der Waals surface area contributed by atoms with Crippen LogP contribution >= 0.6 is 11.6 Å². The topological polar surface area (TPSA) is 24.4 Å². The predicted molar refractivity (Wildman–Crippen MR) is 77.9 cm³/mol. The van der Waals surface area contributed by atoms with Crippen LogP contribution in [0, 0.1) is 0 Å². The average Bonchev–Trinajstić information content (AvgIpc) is 2.41. The van der Waals surface area contributed by atoms with Gasteiger partial charge in [0.1, 0.15) is 6.17 Å². The molecule has 0 aromatic heterocycles. The van der Waals surface area contributed by atoms with Crippen LogP contribution in [0.3, 0.4) is 0 Å². The van der Waals surface area contributed by atoms with Crippen molar-refractivity contribution in [2.24, 2.45) is 4.99 Å². The summed E-state index contributed by atoms with van der Waals surface area (Å²) in [4.78, 5) is 4.34. The fourth-order valence-corrected chi connectivity index (χ4v) is 2.00. The van der Waals surface area contributed by atoms with E-state index in [1.54, 1.807) is 12.4 Å². The Morgan fingerprint density at radius 3 is 2.72 bits per heavy atom. The maximum Gasteiger partial charge on any atom is 0.144 e. The molecule has 1 atom stereocenters. The first kappa shape index (κ1) is 12.9. The van der Waals surface area contributed by atoms with Gasteiger partial charge in [0.25, 0.3) is 0 Å². The van der Waals surface area contributed by atoms with E-state index in [2.05, 4.69) is 41.2 Å². The Morgan fingerprint density at radius 1 is 1.33 bits per heavy atom. The minimum atomic E-state index is -0.0188. The zero-order chi connectivity index (χ0) is 12.8. The molecule has 2 nitrogen and oxygen atoms in total. The third-order valence-electron chi connectivity index (χ3n) is 2.90. The summed E-state index contributed by atoms with van der Waals surface area (Å²) in [6.45, 7) is 3.73. The van der Waals surface area contributed by atoms with Crippen molar-refractivity contribution in [2.45, 2.75) is 25.4 Å². The second-order valence-corrected chi connectivity index (χ2v) is 4.74. The van der Waals surface area contributed by atoms with Crippen LogP contribution < -0.4 is 5.32 Å². The molecule has 2 rings (SSSR count). The van der Waals surface area contributed by atoms with Gasteiger partial charge >= 0.3 is 0 Å². The molecule has 0 radical (unpaired) electrons. The predicted octanol–water partition coefficient (Wildman–Crippen LogP) is 3.95. The van der Waals surface area contributed by atoms with E-state index in [1.165, 1.54) is 5.56 Å². The molecular formula is C15H17ClN2. The van der Waals surface area contributed by atoms with Crippen LogP contribution in [0.25, 0.3) is 0 Å². The first-order chi connectivity index (χ1) is 8.79. The van der Waals surface area contributed by atoms with Crippen LogP contribution in [0.5, 0.6) is 0 Å². The molecule has 0 bridgehead atoms. The quantitative estimate of drug-likeness (QED) is 0.629. The molecule has 0 amide bonds. The fourth-order valence-electron chi connectivity index (χ4n) is 1.88. The van der Waals surface area contributed by atoms with E-state index < -0.39 is 0 Å². The highest BCUT2D eigenvalue weighted by Crippen LogP contribution is 2.19. The molecule has 1 N–H and O–H groups in total. The Balaban J connectivity index is 1.95. The Labute approximate surface area is 113 Å². The molecule has 1 aliphatic rings. The number of halogens is 1. The molecule has 1 aliphatic heterocycles. The summed E-state index contributed by atoms with van der Waals surface area (Å²) < 4.78 is 0. The molecule has 0 saturated carbocycles. The van der Waals surface area contributed by atoms with Gasteiger partial charge in [-0.05, 0) is 30.4 Å². The SMILES string of the molecule is C=CCCCc1ccc(C2N=CC(Cl)=CN2)cc1. The molecule has 1 aromatic carbocycles. The smallest absolute Gasteiger partial charge is 0.144 e. The van der Waals surface area contributed by atoms with Gasteiger partial charge in [-0.15, -0.1) is 6.58 Å². The van der Waals surface area contributed by atoms with Crippen molar-refractivity contribution in [2.75, 3.05) is 0 Å². The van der Waals surface area contributed by atoms with E-state index in [4.69, 9.17) is 11.6 Å². The lowest BCUT2D eigenvalue weighted by atomic mass is 10.0. The Bertz CT molecular complexity index is 460. The third kappa shape index (κ3) is 3.47. The number of unbranched alkanes of at least 4 members (excludes halogenated alkanes) is 1. The van der Waals surface area contributed by atoms with E-state index in [0.29, 0.717) is 5.03 Å². The lowest BCUT2D eigenvalue weighted by molar-refractivity contribution is 0.651. The highest BCUT2D eigenvalue weighted by Gasteiger charge is 2.10. The highest BCUT2D eigenvalue weighted by atomic mass is 35.5. The summed E-state index contributed by atoms with van der Waals surface area (Å²) in [5.41, 5.74) is 2.51. The summed E-state index contributed by atoms with van der Waals surface area (Å²) in [5.74, 6) is 0. The second kappa shape index (κ2) is 6.41. The summed E-state index contributed by atoms with van der Waals surface area (Å²) in [6, 6.07) is 8.56. The number of benzene rings is 1. The van der Waals surface area contributed by atoms with E-state index in [9.17, 15) is 0 Å². The molecular weight excluding hydrogens is 244 g/mol. The zero-order valence-electron chi connectivity index (χ0n) is 10.3. The van der Waals surface area contributed by atoms with Crippen LogP contribution in [0.2, 0.25) is 0 Å². The number of hydrogen-bond donors (Lipinski definition) is 1. The number of nitrogens with zero attached hydrogens (tertiary/aromatic N) is 1. The molecule has 1 heterocycles. The molecule has 0 saturated heterocycles. The lowest BCUT2D eigenvalue weighted by Gasteiger charge is -2.16. The maximum atomic E-state index is 5.81. The highest BCUT2D eigenvalue weighted by molar-refractivity contribution is 6.39. The maximum absolute atomic E-state index is 5.81. The van der Waals surface area contributed by atoms with Crippen LogP contribution in [0.4, 0.5) is 0 Å². The summed E-state index contributed by atoms with van der Waals surface area (Å²) in [5, 5.41) is 3.78. The van der Waals surface area contributed by atoms with Gasteiger partial charge in [-0.2, -0.15) is 0 Å². The van der Waals surface area contributed by atoms with Crippen LogP contribution in [-0.4, -0.2) is 6.21 Å². The second-order valence-electron chi connectivity index (χ2n) is 4.30. The largest absolute Gasteiger partial charge is 0.365 e. The Morgan fingerprint density at radius 2 is 2.11 bits per heavy atom. The van der Waals surface area contributed by atoms with Gasteiger partial charge in [0.15, 0.2) is 0 Å². The van der Waals surface area contributed by atoms with Crippen molar-refractivity contribution in [3.8, 4) is 0 Å². The van der Waals surface area contributed by atoms with Gasteiger partial charge < -0.3 is 5.32 Å². The monoisotopic (exact) mass is 260 g/mol. The van der Waals surface area contributed by atoms with Gasteiger partial charge in [0.2, 0.25) is 0 Å². The number of nitrogens with one attached hydrogen (secondary N) is 1. The van der Waals surface area contributed by atoms with Gasteiger partial charge in [-0.3, -0.25) is 4.99 Å². The number of aliphatic imine (C=N–C) groups is 1. The number of aryl methyl sites for hydroxylation is 1. The number of hydrogen-bond acceptors (Lipinski definition) is 2. The van der Waals surface area contributed by atoms with Crippen LogP contribution in [-0.2, 0) is 6.42 Å². The Hall–Kier alpha value is -1.54. The lowest BCUT2D eigenvalue weighted by Crippen LogP contribution is -2.17. The molecule has 0 aliphatic carbocycles. The van der Waals surface area contributed by atoms with Crippen LogP contribution in [0.1, 0.15) is 30.1 Å². The molecule has 3 heteroatoms. The zero-order valence-corrected chi connectivity index (χ0v) is 11.0. The van der Waals surface area contributed by atoms with Gasteiger partial charge in [-0.25, -0.2) is 0 Å². The minimum absolute atomic E-state index is 0.0188. The van der Waals surface area contributed by atoms with Crippen molar-refractivity contribution >= 4 is 17.8 Å². The van der Waals surface area contributed by atoms with E-state index in [1.807, 2.05) is 6.08 Å². The molecule has 1 unspecified atom stereocenters. The Kier molecular flexibility index (Phi) is 4.59. The van der Waals surface area contributed by atoms with E-state index >= 15 is 0 Å². The van der Waals surface area contributed by atoms with Crippen molar-refractivity contribution in [3.63, 3.8) is 0 Å². The molecule has 1 aromatic rings. The van der Waals surface area contributed by atoms with Gasteiger partial charge in [0, 0.05) is 12.4 Å². The first-order valence-corrected chi connectivity index (χ1v) is 6.52. The molecule has 0 fully saturated rings. The van der Waals surface area contributed by atoms with Crippen molar-refractivity contribution in [3.05, 3.63) is 59.3 Å². The average molecular weight is 261 g/mol. The minimum Gasteiger partial charge on any atom is -0.365 e. The van der Waals surface area contributed by atoms with Crippen molar-refractivity contribution in [1.82, 2.24) is 5.32 Å². The van der Waals surface area contributed by atoms with Crippen molar-refractivity contribution < 1.29 is 0 Å². The van der Waals surface area contributed by atoms with Gasteiger partial charge in [-0.1, -0.05) is 41.9 Å².